The van der Waals surface area contributed by atoms with E-state index in [0.717, 1.165) is 16.7 Å². The van der Waals surface area contributed by atoms with Gasteiger partial charge in [-0.2, -0.15) is 0 Å². The van der Waals surface area contributed by atoms with E-state index >= 15 is 0 Å². The SMILES string of the molecule is Cc1ccc2c(c1)c1cc(-c3ccc(-c4ccc(-c5nnc(-c6ccc(C(C)(C)C)cc6)o5)cc4)cc3)ccc1n2C(C)C. The largest absolute Gasteiger partial charge is 0.416 e. The van der Waals surface area contributed by atoms with Crippen LogP contribution in [0.3, 0.4) is 0 Å². The van der Waals surface area contributed by atoms with Crippen molar-refractivity contribution in [3.63, 3.8) is 0 Å². The lowest BCUT2D eigenvalue weighted by atomic mass is 9.87. The first kappa shape index (κ1) is 27.8. The molecule has 0 atom stereocenters. The third-order valence-electron chi connectivity index (χ3n) is 8.58. The molecule has 0 unspecified atom stereocenters. The van der Waals surface area contributed by atoms with Crippen LogP contribution in [0, 0.1) is 6.92 Å². The topological polar surface area (TPSA) is 43.9 Å². The molecule has 0 saturated heterocycles. The molecule has 2 aromatic heterocycles. The molecule has 4 nitrogen and oxygen atoms in total. The van der Waals surface area contributed by atoms with Crippen LogP contribution in [-0.2, 0) is 5.41 Å². The van der Waals surface area contributed by atoms with Crippen molar-refractivity contribution in [2.75, 3.05) is 0 Å². The Morgan fingerprint density at radius 3 is 1.50 bits per heavy atom. The Morgan fingerprint density at radius 1 is 0.545 bits per heavy atom. The highest BCUT2D eigenvalue weighted by Gasteiger charge is 2.16. The van der Waals surface area contributed by atoms with Gasteiger partial charge >= 0.3 is 0 Å². The summed E-state index contributed by atoms with van der Waals surface area (Å²) in [5, 5.41) is 11.2. The first-order chi connectivity index (χ1) is 21.2. The highest BCUT2D eigenvalue weighted by Crippen LogP contribution is 2.36. The fourth-order valence-electron chi connectivity index (χ4n) is 6.13. The van der Waals surface area contributed by atoms with Gasteiger partial charge in [-0.1, -0.05) is 87.0 Å². The van der Waals surface area contributed by atoms with E-state index in [0.29, 0.717) is 17.8 Å². The number of hydrogen-bond acceptors (Lipinski definition) is 3. The van der Waals surface area contributed by atoms with Gasteiger partial charge in [0, 0.05) is 39.0 Å². The van der Waals surface area contributed by atoms with Crippen molar-refractivity contribution in [2.45, 2.75) is 53.0 Å². The van der Waals surface area contributed by atoms with Gasteiger partial charge in [0.25, 0.3) is 0 Å². The fourth-order valence-corrected chi connectivity index (χ4v) is 6.13. The summed E-state index contributed by atoms with van der Waals surface area (Å²) in [6, 6.07) is 39.5. The maximum Gasteiger partial charge on any atom is 0.248 e. The summed E-state index contributed by atoms with van der Waals surface area (Å²) in [6.07, 6.45) is 0. The first-order valence-electron chi connectivity index (χ1n) is 15.4. The minimum Gasteiger partial charge on any atom is -0.416 e. The molecule has 2 heterocycles. The van der Waals surface area contributed by atoms with Gasteiger partial charge in [-0.3, -0.25) is 0 Å². The molecule has 4 heteroatoms. The first-order valence-corrected chi connectivity index (χ1v) is 15.4. The molecular weight excluding hydrogens is 538 g/mol. The summed E-state index contributed by atoms with van der Waals surface area (Å²) < 4.78 is 8.49. The van der Waals surface area contributed by atoms with Crippen LogP contribution < -0.4 is 0 Å². The molecule has 0 amide bonds. The summed E-state index contributed by atoms with van der Waals surface area (Å²) in [4.78, 5) is 0. The highest BCUT2D eigenvalue weighted by atomic mass is 16.4. The smallest absolute Gasteiger partial charge is 0.248 e. The molecule has 7 aromatic rings. The van der Waals surface area contributed by atoms with Gasteiger partial charge in [-0.05, 0) is 103 Å². The van der Waals surface area contributed by atoms with Crippen LogP contribution in [0.5, 0.6) is 0 Å². The monoisotopic (exact) mass is 575 g/mol. The second-order valence-corrected chi connectivity index (χ2v) is 13.1. The zero-order valence-electron chi connectivity index (χ0n) is 26.2. The van der Waals surface area contributed by atoms with E-state index in [1.54, 1.807) is 0 Å². The lowest BCUT2D eigenvalue weighted by Crippen LogP contribution is -2.10. The molecule has 0 bridgehead atoms. The summed E-state index contributed by atoms with van der Waals surface area (Å²) in [7, 11) is 0. The molecule has 0 aliphatic heterocycles. The number of hydrogen-bond donors (Lipinski definition) is 0. The van der Waals surface area contributed by atoms with Crippen molar-refractivity contribution in [1.29, 1.82) is 0 Å². The Balaban J connectivity index is 1.13. The molecule has 0 aliphatic rings. The zero-order valence-corrected chi connectivity index (χ0v) is 26.2. The van der Waals surface area contributed by atoms with Gasteiger partial charge in [0.2, 0.25) is 11.8 Å². The molecule has 0 saturated carbocycles. The van der Waals surface area contributed by atoms with Gasteiger partial charge in [0.05, 0.1) is 0 Å². The van der Waals surface area contributed by atoms with Gasteiger partial charge < -0.3 is 8.98 Å². The number of rotatable bonds is 5. The van der Waals surface area contributed by atoms with Crippen LogP contribution in [0.2, 0.25) is 0 Å². The van der Waals surface area contributed by atoms with Crippen LogP contribution in [0.25, 0.3) is 67.0 Å². The minimum absolute atomic E-state index is 0.101. The Kier molecular flexibility index (Phi) is 6.73. The predicted molar refractivity (Wildman–Crippen MR) is 183 cm³/mol. The molecule has 0 fully saturated rings. The number of nitrogens with zero attached hydrogens (tertiary/aromatic N) is 3. The van der Waals surface area contributed by atoms with E-state index in [4.69, 9.17) is 4.42 Å². The Labute approximate surface area is 259 Å². The van der Waals surface area contributed by atoms with Crippen molar-refractivity contribution in [2.24, 2.45) is 0 Å². The van der Waals surface area contributed by atoms with E-state index in [2.05, 4.69) is 141 Å². The Bertz CT molecular complexity index is 2100. The molecule has 0 radical (unpaired) electrons. The number of benzene rings is 5. The van der Waals surface area contributed by atoms with Gasteiger partial charge in [-0.25, -0.2) is 0 Å². The minimum atomic E-state index is 0.101. The van der Waals surface area contributed by atoms with Crippen LogP contribution in [-0.4, -0.2) is 14.8 Å². The van der Waals surface area contributed by atoms with E-state index in [1.165, 1.54) is 49.6 Å². The van der Waals surface area contributed by atoms with Crippen LogP contribution in [0.4, 0.5) is 0 Å². The average Bonchev–Trinajstić information content (AvgIpc) is 3.64. The average molecular weight is 576 g/mol. The summed E-state index contributed by atoms with van der Waals surface area (Å²) in [6.45, 7) is 13.3. The normalized spacial score (nSPS) is 12.1. The zero-order chi connectivity index (χ0) is 30.6. The van der Waals surface area contributed by atoms with Crippen molar-refractivity contribution >= 4 is 21.8 Å². The molecule has 0 spiro atoms. The summed E-state index contributed by atoms with van der Waals surface area (Å²) in [5.41, 5.74) is 11.8. The number of aromatic nitrogens is 3. The number of fused-ring (bicyclic) bond motifs is 3. The lowest BCUT2D eigenvalue weighted by molar-refractivity contribution is 0.582. The van der Waals surface area contributed by atoms with Crippen molar-refractivity contribution in [3.05, 3.63) is 120 Å². The van der Waals surface area contributed by atoms with Crippen molar-refractivity contribution in [1.82, 2.24) is 14.8 Å². The highest BCUT2D eigenvalue weighted by molar-refractivity contribution is 6.09. The molecule has 218 valence electrons. The predicted octanol–water partition coefficient (Wildman–Crippen LogP) is 11.0. The van der Waals surface area contributed by atoms with Gasteiger partial charge in [0.15, 0.2) is 0 Å². The van der Waals surface area contributed by atoms with Gasteiger partial charge in [0.1, 0.15) is 0 Å². The Morgan fingerprint density at radius 2 is 0.977 bits per heavy atom. The van der Waals surface area contributed by atoms with Crippen LogP contribution in [0.15, 0.2) is 114 Å². The Hall–Kier alpha value is -4.96. The van der Waals surface area contributed by atoms with Crippen LogP contribution >= 0.6 is 0 Å². The van der Waals surface area contributed by atoms with E-state index < -0.39 is 0 Å². The molecule has 5 aromatic carbocycles. The van der Waals surface area contributed by atoms with Crippen LogP contribution in [0.1, 0.15) is 51.8 Å². The van der Waals surface area contributed by atoms with E-state index in [9.17, 15) is 0 Å². The van der Waals surface area contributed by atoms with E-state index in [-0.39, 0.29) is 5.41 Å². The van der Waals surface area contributed by atoms with E-state index in [1.807, 2.05) is 24.3 Å². The molecule has 7 rings (SSSR count). The fraction of sp³-hybridized carbons (Fsp3) is 0.200. The maximum atomic E-state index is 6.05. The molecule has 44 heavy (non-hydrogen) atoms. The summed E-state index contributed by atoms with van der Waals surface area (Å²) >= 11 is 0. The quantitative estimate of drug-likeness (QED) is 0.205. The second kappa shape index (κ2) is 10.6. The lowest BCUT2D eigenvalue weighted by Gasteiger charge is -2.18. The number of aryl methyl sites for hydroxylation is 1. The second-order valence-electron chi connectivity index (χ2n) is 13.1. The van der Waals surface area contributed by atoms with Gasteiger partial charge in [-0.15, -0.1) is 10.2 Å². The van der Waals surface area contributed by atoms with Crippen molar-refractivity contribution < 1.29 is 4.42 Å². The molecule has 0 N–H and O–H groups in total. The third-order valence-corrected chi connectivity index (χ3v) is 8.58. The van der Waals surface area contributed by atoms with Crippen molar-refractivity contribution in [3.8, 4) is 45.2 Å². The summed E-state index contributed by atoms with van der Waals surface area (Å²) in [5.74, 6) is 1.05. The standard InChI is InChI=1S/C40H37N3O/c1-25(2)43-36-21-7-26(3)23-34(36)35-24-32(18-22-37(35)43)29-10-8-27(9-11-29)28-12-14-30(15-13-28)38-41-42-39(44-38)31-16-19-33(20-17-31)40(4,5)6/h7-25H,1-6H3. The molecule has 0 aliphatic carbocycles. The third kappa shape index (κ3) is 5.01. The molecular formula is C40H37N3O. The maximum absolute atomic E-state index is 6.05.